The summed E-state index contributed by atoms with van der Waals surface area (Å²) < 4.78 is 51.9. The lowest BCUT2D eigenvalue weighted by molar-refractivity contribution is -0.185. The average Bonchev–Trinajstić information content (AvgIpc) is 2.68. The molecule has 0 fully saturated rings. The van der Waals surface area contributed by atoms with E-state index in [0.29, 0.717) is 22.0 Å². The van der Waals surface area contributed by atoms with Crippen LogP contribution in [0.25, 0.3) is 6.08 Å². The molecular formula is C20H24BrF3N4O4. The number of alkyl halides is 3. The molecule has 0 radical (unpaired) electrons. The topological polar surface area (TPSA) is 127 Å². The van der Waals surface area contributed by atoms with E-state index >= 15 is 0 Å². The van der Waals surface area contributed by atoms with E-state index in [1.165, 1.54) is 0 Å². The third-order valence-corrected chi connectivity index (χ3v) is 4.98. The summed E-state index contributed by atoms with van der Waals surface area (Å²) in [6, 6.07) is 1.96. The summed E-state index contributed by atoms with van der Waals surface area (Å²) in [5.74, 6) is -2.10. The summed E-state index contributed by atoms with van der Waals surface area (Å²) in [6.07, 6.45) is -5.86. The average molecular weight is 521 g/mol. The Morgan fingerprint density at radius 3 is 2.66 bits per heavy atom. The molecule has 1 aliphatic rings. The van der Waals surface area contributed by atoms with Crippen molar-refractivity contribution < 1.29 is 32.2 Å². The highest BCUT2D eigenvalue weighted by atomic mass is 79.9. The summed E-state index contributed by atoms with van der Waals surface area (Å²) in [4.78, 5) is 25.1. The monoisotopic (exact) mass is 520 g/mol. The minimum absolute atomic E-state index is 0.0318. The number of rotatable bonds is 8. The molecule has 176 valence electrons. The van der Waals surface area contributed by atoms with E-state index in [1.807, 2.05) is 0 Å². The van der Waals surface area contributed by atoms with Crippen LogP contribution in [0.4, 0.5) is 13.2 Å². The molecule has 8 nitrogen and oxygen atoms in total. The fourth-order valence-corrected chi connectivity index (χ4v) is 3.73. The molecule has 2 atom stereocenters. The lowest BCUT2D eigenvalue weighted by Gasteiger charge is -2.30. The molecule has 0 aromatic heterocycles. The van der Waals surface area contributed by atoms with Gasteiger partial charge in [0.15, 0.2) is 5.96 Å². The van der Waals surface area contributed by atoms with Crippen LogP contribution in [0.15, 0.2) is 22.2 Å². The summed E-state index contributed by atoms with van der Waals surface area (Å²) in [6.45, 7) is 3.44. The van der Waals surface area contributed by atoms with Crippen LogP contribution in [0, 0.1) is 12.3 Å². The second-order valence-corrected chi connectivity index (χ2v) is 7.96. The number of guanidine groups is 1. The van der Waals surface area contributed by atoms with Gasteiger partial charge in [-0.25, -0.2) is 4.79 Å². The van der Waals surface area contributed by atoms with Crippen molar-refractivity contribution in [2.75, 3.05) is 13.2 Å². The van der Waals surface area contributed by atoms with Gasteiger partial charge in [-0.3, -0.25) is 10.2 Å². The van der Waals surface area contributed by atoms with E-state index < -0.39 is 35.8 Å². The second kappa shape index (κ2) is 10.7. The molecule has 0 saturated heterocycles. The van der Waals surface area contributed by atoms with Gasteiger partial charge in [0, 0.05) is 16.6 Å². The molecule has 1 aromatic rings. The number of fused-ring (bicyclic) bond motifs is 1. The summed E-state index contributed by atoms with van der Waals surface area (Å²) >= 11 is 3.28. The van der Waals surface area contributed by atoms with Gasteiger partial charge < -0.3 is 25.8 Å². The smallest absolute Gasteiger partial charge is 0.429 e. The number of esters is 1. The van der Waals surface area contributed by atoms with E-state index in [0.717, 1.165) is 6.08 Å². The van der Waals surface area contributed by atoms with Crippen molar-refractivity contribution in [2.24, 2.45) is 5.73 Å². The summed E-state index contributed by atoms with van der Waals surface area (Å²) in [7, 11) is 0. The Labute approximate surface area is 191 Å². The molecule has 0 spiro atoms. The first kappa shape index (κ1) is 25.5. The fraction of sp³-hybridized carbons (Fsp3) is 0.450. The number of carbonyl (C=O) groups excluding carboxylic acids is 2. The van der Waals surface area contributed by atoms with Crippen LogP contribution >= 0.6 is 15.9 Å². The molecule has 1 heterocycles. The standard InChI is InChI=1S/C20H24BrF3N4O4/c1-3-31-18(30)14(5-4-6-27-19(25)26)28-17(29)13-9-11-8-12(21)7-10(2)15(11)32-16(13)20(22,23)24/h7-9,14,16H,3-6H2,1-2H3,(H,28,29)(H4,25,26,27)/t14-,16-/m0/s1. The van der Waals surface area contributed by atoms with Gasteiger partial charge in [0.1, 0.15) is 11.8 Å². The van der Waals surface area contributed by atoms with Gasteiger partial charge in [0.25, 0.3) is 5.91 Å². The SMILES string of the molecule is CCOC(=O)[C@H](CCCNC(=N)N)NC(=O)C1=Cc2cc(Br)cc(C)c2O[C@@H]1C(F)(F)F. The van der Waals surface area contributed by atoms with E-state index in [2.05, 4.69) is 26.6 Å². The Morgan fingerprint density at radius 1 is 1.38 bits per heavy atom. The van der Waals surface area contributed by atoms with Crippen molar-refractivity contribution in [2.45, 2.75) is 45.0 Å². The number of nitrogens with one attached hydrogen (secondary N) is 3. The number of ether oxygens (including phenoxy) is 2. The predicted octanol–water partition coefficient (Wildman–Crippen LogP) is 2.78. The highest BCUT2D eigenvalue weighted by Crippen LogP contribution is 2.40. The Balaban J connectivity index is 2.30. The number of nitrogens with two attached hydrogens (primary N) is 1. The molecule has 12 heteroatoms. The minimum Gasteiger partial charge on any atom is -0.475 e. The number of hydrogen-bond acceptors (Lipinski definition) is 5. The second-order valence-electron chi connectivity index (χ2n) is 7.04. The largest absolute Gasteiger partial charge is 0.475 e. The van der Waals surface area contributed by atoms with Crippen LogP contribution in [-0.2, 0) is 14.3 Å². The van der Waals surface area contributed by atoms with Crippen molar-refractivity contribution in [3.05, 3.63) is 33.3 Å². The number of carbonyl (C=O) groups is 2. The first-order valence-corrected chi connectivity index (χ1v) is 10.5. The maximum Gasteiger partial charge on any atom is 0.429 e. The normalized spacial score (nSPS) is 16.2. The molecule has 1 aromatic carbocycles. The first-order chi connectivity index (χ1) is 14.9. The Bertz CT molecular complexity index is 921. The highest BCUT2D eigenvalue weighted by Gasteiger charge is 2.49. The van der Waals surface area contributed by atoms with Crippen LogP contribution in [0.5, 0.6) is 5.75 Å². The molecule has 0 saturated carbocycles. The van der Waals surface area contributed by atoms with E-state index in [-0.39, 0.29) is 31.3 Å². The van der Waals surface area contributed by atoms with Crippen LogP contribution in [0.3, 0.4) is 0 Å². The van der Waals surface area contributed by atoms with Gasteiger partial charge in [-0.15, -0.1) is 0 Å². The van der Waals surface area contributed by atoms with Gasteiger partial charge in [0.2, 0.25) is 6.10 Å². The molecule has 0 bridgehead atoms. The van der Waals surface area contributed by atoms with Crippen LogP contribution in [-0.4, -0.2) is 49.3 Å². The molecule has 0 aliphatic carbocycles. The lowest BCUT2D eigenvalue weighted by Crippen LogP contribution is -2.48. The van der Waals surface area contributed by atoms with Crippen LogP contribution < -0.4 is 21.1 Å². The van der Waals surface area contributed by atoms with Gasteiger partial charge >= 0.3 is 12.1 Å². The number of hydrogen-bond donors (Lipinski definition) is 4. The maximum absolute atomic E-state index is 13.7. The third kappa shape index (κ3) is 6.62. The Kier molecular flexibility index (Phi) is 8.53. The van der Waals surface area contributed by atoms with Gasteiger partial charge in [-0.05, 0) is 50.5 Å². The quantitative estimate of drug-likeness (QED) is 0.181. The minimum atomic E-state index is -4.86. The maximum atomic E-state index is 13.7. The molecule has 1 amide bonds. The van der Waals surface area contributed by atoms with E-state index in [4.69, 9.17) is 20.6 Å². The van der Waals surface area contributed by atoms with Crippen molar-refractivity contribution in [3.63, 3.8) is 0 Å². The van der Waals surface area contributed by atoms with Gasteiger partial charge in [-0.2, -0.15) is 13.2 Å². The first-order valence-electron chi connectivity index (χ1n) is 9.74. The van der Waals surface area contributed by atoms with Crippen LogP contribution in [0.1, 0.15) is 30.9 Å². The third-order valence-electron chi connectivity index (χ3n) is 4.52. The zero-order valence-electron chi connectivity index (χ0n) is 17.4. The lowest BCUT2D eigenvalue weighted by atomic mass is 9.98. The van der Waals surface area contributed by atoms with E-state index in [9.17, 15) is 22.8 Å². The number of aryl methyl sites for hydroxylation is 1. The molecule has 5 N–H and O–H groups in total. The number of amides is 1. The van der Waals surface area contributed by atoms with Gasteiger partial charge in [-0.1, -0.05) is 15.9 Å². The molecule has 1 aliphatic heterocycles. The van der Waals surface area contributed by atoms with Crippen molar-refractivity contribution in [1.29, 1.82) is 5.41 Å². The molecule has 2 rings (SSSR count). The zero-order valence-corrected chi connectivity index (χ0v) is 19.0. The molecule has 32 heavy (non-hydrogen) atoms. The van der Waals surface area contributed by atoms with Crippen molar-refractivity contribution >= 4 is 39.8 Å². The van der Waals surface area contributed by atoms with Crippen molar-refractivity contribution in [3.8, 4) is 5.75 Å². The Hall–Kier alpha value is -2.76. The molecule has 0 unspecified atom stereocenters. The number of benzene rings is 1. The highest BCUT2D eigenvalue weighted by molar-refractivity contribution is 9.10. The summed E-state index contributed by atoms with van der Waals surface area (Å²) in [5, 5.41) is 12.0. The summed E-state index contributed by atoms with van der Waals surface area (Å²) in [5.41, 5.74) is 5.30. The number of halogens is 4. The van der Waals surface area contributed by atoms with E-state index in [1.54, 1.807) is 26.0 Å². The zero-order chi connectivity index (χ0) is 24.1. The predicted molar refractivity (Wildman–Crippen MR) is 115 cm³/mol. The fourth-order valence-electron chi connectivity index (χ4n) is 3.14. The molecular weight excluding hydrogens is 497 g/mol. The van der Waals surface area contributed by atoms with Crippen molar-refractivity contribution in [1.82, 2.24) is 10.6 Å². The van der Waals surface area contributed by atoms with Crippen LogP contribution in [0.2, 0.25) is 0 Å². The van der Waals surface area contributed by atoms with Gasteiger partial charge in [0.05, 0.1) is 12.2 Å². The Morgan fingerprint density at radius 2 is 2.06 bits per heavy atom.